The van der Waals surface area contributed by atoms with Gasteiger partial charge in [-0.3, -0.25) is 9.20 Å². The van der Waals surface area contributed by atoms with Crippen LogP contribution in [0.1, 0.15) is 36.2 Å². The Labute approximate surface area is 132 Å². The quantitative estimate of drug-likeness (QED) is 0.851. The van der Waals surface area contributed by atoms with Crippen LogP contribution in [0.2, 0.25) is 5.02 Å². The van der Waals surface area contributed by atoms with E-state index in [-0.39, 0.29) is 17.7 Å². The van der Waals surface area contributed by atoms with E-state index in [1.807, 2.05) is 0 Å². The van der Waals surface area contributed by atoms with E-state index >= 15 is 0 Å². The maximum absolute atomic E-state index is 12.8. The topological polar surface area (TPSA) is 83.7 Å². The minimum absolute atomic E-state index is 0.0117. The normalized spacial score (nSPS) is 21.7. The fourth-order valence-corrected chi connectivity index (χ4v) is 3.34. The number of nitrogens with one attached hydrogen (secondary N) is 1. The van der Waals surface area contributed by atoms with Crippen LogP contribution < -0.4 is 5.32 Å². The second-order valence-corrected chi connectivity index (χ2v) is 6.06. The number of halogens is 1. The Morgan fingerprint density at radius 2 is 2.18 bits per heavy atom. The molecule has 1 fully saturated rings. The molecule has 1 amide bonds. The molecule has 1 aliphatic rings. The smallest absolute Gasteiger partial charge is 0.404 e. The van der Waals surface area contributed by atoms with Gasteiger partial charge in [0.2, 0.25) is 0 Å². The van der Waals surface area contributed by atoms with E-state index in [0.717, 1.165) is 24.8 Å². The molecule has 7 heteroatoms. The first-order chi connectivity index (χ1) is 10.5. The molecule has 116 valence electrons. The first kappa shape index (κ1) is 14.8. The number of nitrogens with zero attached hydrogens (tertiary/aromatic N) is 2. The lowest BCUT2D eigenvalue weighted by Crippen LogP contribution is -2.39. The lowest BCUT2D eigenvalue weighted by Gasteiger charge is -2.28. The number of ketones is 1. The van der Waals surface area contributed by atoms with Crippen molar-refractivity contribution in [2.75, 3.05) is 0 Å². The highest BCUT2D eigenvalue weighted by Gasteiger charge is 2.30. The molecular weight excluding hydrogens is 306 g/mol. The first-order valence-corrected chi connectivity index (χ1v) is 7.57. The summed E-state index contributed by atoms with van der Waals surface area (Å²) in [7, 11) is 0. The van der Waals surface area contributed by atoms with Crippen molar-refractivity contribution in [3.63, 3.8) is 0 Å². The van der Waals surface area contributed by atoms with Crippen molar-refractivity contribution in [1.29, 1.82) is 0 Å². The van der Waals surface area contributed by atoms with Gasteiger partial charge in [-0.15, -0.1) is 0 Å². The van der Waals surface area contributed by atoms with E-state index in [0.29, 0.717) is 17.1 Å². The molecule has 0 spiro atoms. The van der Waals surface area contributed by atoms with Crippen LogP contribution in [0.4, 0.5) is 4.79 Å². The van der Waals surface area contributed by atoms with Crippen molar-refractivity contribution < 1.29 is 14.7 Å². The maximum atomic E-state index is 12.8. The van der Waals surface area contributed by atoms with Gasteiger partial charge in [-0.2, -0.15) is 0 Å². The van der Waals surface area contributed by atoms with Gasteiger partial charge in [0.15, 0.2) is 5.78 Å². The second kappa shape index (κ2) is 5.96. The fourth-order valence-electron chi connectivity index (χ4n) is 3.13. The Hall–Kier alpha value is -2.08. The van der Waals surface area contributed by atoms with Gasteiger partial charge in [-0.25, -0.2) is 9.78 Å². The lowest BCUT2D eigenvalue weighted by atomic mass is 9.82. The minimum Gasteiger partial charge on any atom is -0.465 e. The predicted octanol–water partition coefficient (Wildman–Crippen LogP) is 3.00. The van der Waals surface area contributed by atoms with Gasteiger partial charge in [0.25, 0.3) is 0 Å². The number of amides is 1. The van der Waals surface area contributed by atoms with Crippen LogP contribution in [0.15, 0.2) is 24.7 Å². The van der Waals surface area contributed by atoms with Crippen LogP contribution in [0.5, 0.6) is 0 Å². The number of carbonyl (C=O) groups excluding carboxylic acids is 1. The fraction of sp³-hybridized carbons (Fsp3) is 0.400. The molecule has 2 atom stereocenters. The van der Waals surface area contributed by atoms with E-state index < -0.39 is 6.09 Å². The number of aromatic nitrogens is 2. The van der Waals surface area contributed by atoms with Gasteiger partial charge >= 0.3 is 6.09 Å². The summed E-state index contributed by atoms with van der Waals surface area (Å²) in [6.07, 6.45) is 5.08. The lowest BCUT2D eigenvalue weighted by molar-refractivity contribution is 0.0865. The van der Waals surface area contributed by atoms with Crippen molar-refractivity contribution >= 4 is 29.0 Å². The molecule has 2 heterocycles. The summed E-state index contributed by atoms with van der Waals surface area (Å²) < 4.78 is 1.72. The number of rotatable bonds is 3. The molecule has 22 heavy (non-hydrogen) atoms. The van der Waals surface area contributed by atoms with E-state index in [2.05, 4.69) is 10.3 Å². The molecule has 0 aromatic carbocycles. The maximum Gasteiger partial charge on any atom is 0.404 e. The molecule has 1 saturated carbocycles. The average molecular weight is 322 g/mol. The van der Waals surface area contributed by atoms with Crippen LogP contribution in [-0.2, 0) is 0 Å². The summed E-state index contributed by atoms with van der Waals surface area (Å²) in [6.45, 7) is 0. The third-order valence-corrected chi connectivity index (χ3v) is 4.33. The summed E-state index contributed by atoms with van der Waals surface area (Å²) >= 11 is 6.08. The number of hydrogen-bond donors (Lipinski definition) is 2. The van der Waals surface area contributed by atoms with Gasteiger partial charge in [-0.05, 0) is 31.4 Å². The van der Waals surface area contributed by atoms with Crippen LogP contribution in [-0.4, -0.2) is 32.4 Å². The third-order valence-electron chi connectivity index (χ3n) is 4.11. The predicted molar refractivity (Wildman–Crippen MR) is 81.4 cm³/mol. The van der Waals surface area contributed by atoms with Crippen LogP contribution in [0, 0.1) is 5.92 Å². The average Bonchev–Trinajstić information content (AvgIpc) is 2.93. The number of hydrogen-bond acceptors (Lipinski definition) is 3. The van der Waals surface area contributed by atoms with Crippen molar-refractivity contribution in [2.24, 2.45) is 5.92 Å². The number of carbonyl (C=O) groups is 2. The highest BCUT2D eigenvalue weighted by Crippen LogP contribution is 2.28. The second-order valence-electron chi connectivity index (χ2n) is 5.62. The highest BCUT2D eigenvalue weighted by molar-refractivity contribution is 6.31. The SMILES string of the molecule is O=C(O)NC1CCCC(C(=O)c2cc(Cl)cc3cncn23)C1. The first-order valence-electron chi connectivity index (χ1n) is 7.20. The Morgan fingerprint density at radius 3 is 2.95 bits per heavy atom. The molecule has 0 saturated heterocycles. The number of carboxylic acid groups (broad SMARTS) is 1. The molecular formula is C15H16ClN3O3. The highest BCUT2D eigenvalue weighted by atomic mass is 35.5. The summed E-state index contributed by atoms with van der Waals surface area (Å²) in [4.78, 5) is 27.6. The standard InChI is InChI=1S/C15H16ClN3O3/c16-10-5-12-7-17-8-19(12)13(6-10)14(20)9-2-1-3-11(4-9)18-15(21)22/h5-9,11,18H,1-4H2,(H,21,22). The molecule has 2 N–H and O–H groups in total. The Balaban J connectivity index is 1.86. The summed E-state index contributed by atoms with van der Waals surface area (Å²) in [5.74, 6) is -0.211. The number of fused-ring (bicyclic) bond motifs is 1. The van der Waals surface area contributed by atoms with Crippen molar-refractivity contribution in [3.05, 3.63) is 35.4 Å². The zero-order valence-corrected chi connectivity index (χ0v) is 12.6. The van der Waals surface area contributed by atoms with Crippen molar-refractivity contribution in [3.8, 4) is 0 Å². The molecule has 0 radical (unpaired) electrons. The summed E-state index contributed by atoms with van der Waals surface area (Å²) in [6, 6.07) is 3.23. The van der Waals surface area contributed by atoms with Gasteiger partial charge in [0, 0.05) is 17.0 Å². The number of pyridine rings is 1. The van der Waals surface area contributed by atoms with Gasteiger partial charge in [-0.1, -0.05) is 18.0 Å². The van der Waals surface area contributed by atoms with E-state index in [1.165, 1.54) is 0 Å². The van der Waals surface area contributed by atoms with Crippen LogP contribution in [0.25, 0.3) is 5.52 Å². The zero-order chi connectivity index (χ0) is 15.7. The molecule has 0 aliphatic heterocycles. The Morgan fingerprint density at radius 1 is 1.36 bits per heavy atom. The van der Waals surface area contributed by atoms with Crippen molar-refractivity contribution in [1.82, 2.24) is 14.7 Å². The van der Waals surface area contributed by atoms with Crippen LogP contribution >= 0.6 is 11.6 Å². The summed E-state index contributed by atoms with van der Waals surface area (Å²) in [5.41, 5.74) is 1.27. The zero-order valence-electron chi connectivity index (χ0n) is 11.8. The Bertz CT molecular complexity index is 728. The van der Waals surface area contributed by atoms with E-state index in [1.54, 1.807) is 29.1 Å². The Kier molecular flexibility index (Phi) is 4.02. The number of Topliss-reactive ketones (excluding diaryl/α,β-unsaturated/α-hetero) is 1. The molecule has 0 bridgehead atoms. The third kappa shape index (κ3) is 2.92. The minimum atomic E-state index is -1.04. The molecule has 2 aromatic rings. The van der Waals surface area contributed by atoms with Crippen molar-refractivity contribution in [2.45, 2.75) is 31.7 Å². The van der Waals surface area contributed by atoms with E-state index in [4.69, 9.17) is 16.7 Å². The molecule has 2 aromatic heterocycles. The summed E-state index contributed by atoms with van der Waals surface area (Å²) in [5, 5.41) is 11.8. The van der Waals surface area contributed by atoms with E-state index in [9.17, 15) is 9.59 Å². The number of imidazole rings is 1. The molecule has 1 aliphatic carbocycles. The molecule has 2 unspecified atom stereocenters. The molecule has 3 rings (SSSR count). The van der Waals surface area contributed by atoms with Gasteiger partial charge in [0.05, 0.1) is 23.7 Å². The molecule has 6 nitrogen and oxygen atoms in total. The van der Waals surface area contributed by atoms with Crippen LogP contribution in [0.3, 0.4) is 0 Å². The largest absolute Gasteiger partial charge is 0.465 e. The van der Waals surface area contributed by atoms with Gasteiger partial charge in [0.1, 0.15) is 0 Å². The van der Waals surface area contributed by atoms with Gasteiger partial charge < -0.3 is 10.4 Å². The monoisotopic (exact) mass is 321 g/mol.